The summed E-state index contributed by atoms with van der Waals surface area (Å²) in [5, 5.41) is 0. The Labute approximate surface area is 83.4 Å². The maximum absolute atomic E-state index is 5.40. The lowest BCUT2D eigenvalue weighted by molar-refractivity contribution is 0.571. The van der Waals surface area contributed by atoms with Crippen LogP contribution < -0.4 is 0 Å². The number of aryl methyl sites for hydroxylation is 1. The highest BCUT2D eigenvalue weighted by molar-refractivity contribution is 5.51. The molecule has 0 radical (unpaired) electrons. The highest BCUT2D eigenvalue weighted by Crippen LogP contribution is 2.21. The predicted molar refractivity (Wildman–Crippen MR) is 55.0 cm³/mol. The highest BCUT2D eigenvalue weighted by atomic mass is 16.3. The first kappa shape index (κ1) is 9.06. The van der Waals surface area contributed by atoms with Crippen LogP contribution in [0.15, 0.2) is 29.1 Å². The van der Waals surface area contributed by atoms with Crippen molar-refractivity contribution in [1.29, 1.82) is 0 Å². The van der Waals surface area contributed by atoms with Gasteiger partial charge >= 0.3 is 0 Å². The van der Waals surface area contributed by atoms with Crippen LogP contribution in [0.2, 0.25) is 0 Å². The molecule has 0 N–H and O–H groups in total. The molecule has 0 amide bonds. The van der Waals surface area contributed by atoms with Crippen molar-refractivity contribution in [3.63, 3.8) is 0 Å². The summed E-state index contributed by atoms with van der Waals surface area (Å²) < 4.78 is 7.38. The van der Waals surface area contributed by atoms with Crippen molar-refractivity contribution in [2.45, 2.75) is 19.8 Å². The van der Waals surface area contributed by atoms with Crippen molar-refractivity contribution < 1.29 is 4.42 Å². The second-order valence-corrected chi connectivity index (χ2v) is 3.80. The molecule has 2 aromatic heterocycles. The highest BCUT2D eigenvalue weighted by Gasteiger charge is 2.09. The zero-order valence-corrected chi connectivity index (χ0v) is 8.69. The van der Waals surface area contributed by atoms with Crippen LogP contribution in [0.1, 0.15) is 25.5 Å². The quantitative estimate of drug-likeness (QED) is 0.729. The van der Waals surface area contributed by atoms with Crippen LogP contribution in [0.5, 0.6) is 0 Å². The van der Waals surface area contributed by atoms with E-state index in [-0.39, 0.29) is 0 Å². The van der Waals surface area contributed by atoms with Gasteiger partial charge in [0.1, 0.15) is 6.26 Å². The maximum Gasteiger partial charge on any atom is 0.227 e. The van der Waals surface area contributed by atoms with E-state index in [0.29, 0.717) is 11.8 Å². The van der Waals surface area contributed by atoms with E-state index in [1.165, 1.54) is 0 Å². The molecule has 0 aliphatic rings. The van der Waals surface area contributed by atoms with Crippen LogP contribution >= 0.6 is 0 Å². The number of nitrogens with zero attached hydrogens (tertiary/aromatic N) is 2. The molecule has 0 aliphatic heterocycles. The molecule has 0 saturated heterocycles. The monoisotopic (exact) mass is 190 g/mol. The van der Waals surface area contributed by atoms with Gasteiger partial charge < -0.3 is 8.98 Å². The Balaban J connectivity index is 2.33. The SMILES string of the molecule is CC(C)c1coc(-c2ccn(C)c2)n1. The van der Waals surface area contributed by atoms with Crippen molar-refractivity contribution in [2.75, 3.05) is 0 Å². The molecule has 0 atom stereocenters. The van der Waals surface area contributed by atoms with Gasteiger partial charge in [0.25, 0.3) is 0 Å². The molecule has 0 spiro atoms. The summed E-state index contributed by atoms with van der Waals surface area (Å²) >= 11 is 0. The second kappa shape index (κ2) is 3.33. The number of hydrogen-bond acceptors (Lipinski definition) is 2. The van der Waals surface area contributed by atoms with Crippen molar-refractivity contribution >= 4 is 0 Å². The molecule has 3 heteroatoms. The fraction of sp³-hybridized carbons (Fsp3) is 0.364. The van der Waals surface area contributed by atoms with E-state index in [9.17, 15) is 0 Å². The largest absolute Gasteiger partial charge is 0.444 e. The van der Waals surface area contributed by atoms with Gasteiger partial charge in [-0.25, -0.2) is 4.98 Å². The van der Waals surface area contributed by atoms with Crippen LogP contribution in [0.3, 0.4) is 0 Å². The summed E-state index contributed by atoms with van der Waals surface area (Å²) in [4.78, 5) is 4.41. The lowest BCUT2D eigenvalue weighted by Gasteiger charge is -1.94. The molecule has 0 fully saturated rings. The molecule has 0 aromatic carbocycles. The van der Waals surface area contributed by atoms with Gasteiger partial charge in [0, 0.05) is 19.4 Å². The average Bonchev–Trinajstić information content (AvgIpc) is 2.70. The summed E-state index contributed by atoms with van der Waals surface area (Å²) in [6.07, 6.45) is 5.71. The molecule has 0 bridgehead atoms. The number of aromatic nitrogens is 2. The Hall–Kier alpha value is -1.51. The average molecular weight is 190 g/mol. The topological polar surface area (TPSA) is 31.0 Å². The lowest BCUT2D eigenvalue weighted by atomic mass is 10.2. The van der Waals surface area contributed by atoms with Crippen molar-refractivity contribution in [3.05, 3.63) is 30.4 Å². The Morgan fingerprint density at radius 2 is 2.21 bits per heavy atom. The fourth-order valence-corrected chi connectivity index (χ4v) is 1.31. The smallest absolute Gasteiger partial charge is 0.227 e. The zero-order chi connectivity index (χ0) is 10.1. The van der Waals surface area contributed by atoms with E-state index < -0.39 is 0 Å². The maximum atomic E-state index is 5.40. The van der Waals surface area contributed by atoms with Gasteiger partial charge in [-0.3, -0.25) is 0 Å². The standard InChI is InChI=1S/C11H14N2O/c1-8(2)10-7-14-11(12-10)9-4-5-13(3)6-9/h4-8H,1-3H3. The molecule has 14 heavy (non-hydrogen) atoms. The third kappa shape index (κ3) is 1.58. The molecule has 2 heterocycles. The summed E-state index contributed by atoms with van der Waals surface area (Å²) in [5.74, 6) is 1.12. The van der Waals surface area contributed by atoms with Crippen LogP contribution in [0.4, 0.5) is 0 Å². The van der Waals surface area contributed by atoms with E-state index in [1.807, 2.05) is 30.1 Å². The van der Waals surface area contributed by atoms with Crippen LogP contribution in [-0.2, 0) is 7.05 Å². The second-order valence-electron chi connectivity index (χ2n) is 3.80. The first-order chi connectivity index (χ1) is 6.66. The summed E-state index contributed by atoms with van der Waals surface area (Å²) in [5.41, 5.74) is 2.03. The number of rotatable bonds is 2. The van der Waals surface area contributed by atoms with Crippen molar-refractivity contribution in [2.24, 2.45) is 7.05 Å². The molecule has 74 valence electrons. The van der Waals surface area contributed by atoms with E-state index >= 15 is 0 Å². The Morgan fingerprint density at radius 1 is 1.43 bits per heavy atom. The Bertz CT molecular complexity index is 426. The lowest BCUT2D eigenvalue weighted by Crippen LogP contribution is -1.86. The van der Waals surface area contributed by atoms with Gasteiger partial charge in [0.15, 0.2) is 0 Å². The molecular weight excluding hydrogens is 176 g/mol. The third-order valence-electron chi connectivity index (χ3n) is 2.19. The van der Waals surface area contributed by atoms with E-state index in [1.54, 1.807) is 6.26 Å². The summed E-state index contributed by atoms with van der Waals surface area (Å²) in [7, 11) is 1.98. The molecule has 2 aromatic rings. The molecule has 3 nitrogen and oxygen atoms in total. The summed E-state index contributed by atoms with van der Waals surface area (Å²) in [6.45, 7) is 4.21. The minimum atomic E-state index is 0.413. The minimum Gasteiger partial charge on any atom is -0.444 e. The molecular formula is C11H14N2O. The van der Waals surface area contributed by atoms with Gasteiger partial charge in [-0.2, -0.15) is 0 Å². The molecule has 0 unspecified atom stereocenters. The van der Waals surface area contributed by atoms with Crippen LogP contribution in [0, 0.1) is 0 Å². The first-order valence-corrected chi connectivity index (χ1v) is 4.74. The molecule has 0 saturated carbocycles. The molecule has 0 aliphatic carbocycles. The molecule has 2 rings (SSSR count). The van der Waals surface area contributed by atoms with E-state index in [0.717, 1.165) is 11.3 Å². The normalized spacial score (nSPS) is 11.1. The van der Waals surface area contributed by atoms with Crippen molar-refractivity contribution in [1.82, 2.24) is 9.55 Å². The van der Waals surface area contributed by atoms with Gasteiger partial charge in [0.2, 0.25) is 5.89 Å². The van der Waals surface area contributed by atoms with Gasteiger partial charge in [-0.15, -0.1) is 0 Å². The van der Waals surface area contributed by atoms with Crippen LogP contribution in [0.25, 0.3) is 11.5 Å². The number of oxazole rings is 1. The minimum absolute atomic E-state index is 0.413. The predicted octanol–water partition coefficient (Wildman–Crippen LogP) is 2.80. The van der Waals surface area contributed by atoms with Crippen LogP contribution in [-0.4, -0.2) is 9.55 Å². The van der Waals surface area contributed by atoms with Gasteiger partial charge in [0.05, 0.1) is 11.3 Å². The third-order valence-corrected chi connectivity index (χ3v) is 2.19. The van der Waals surface area contributed by atoms with Crippen molar-refractivity contribution in [3.8, 4) is 11.5 Å². The zero-order valence-electron chi connectivity index (χ0n) is 8.69. The number of hydrogen-bond donors (Lipinski definition) is 0. The Kier molecular flexibility index (Phi) is 2.15. The van der Waals surface area contributed by atoms with Gasteiger partial charge in [-0.05, 0) is 12.0 Å². The van der Waals surface area contributed by atoms with Gasteiger partial charge in [-0.1, -0.05) is 13.8 Å². The van der Waals surface area contributed by atoms with E-state index in [4.69, 9.17) is 4.42 Å². The summed E-state index contributed by atoms with van der Waals surface area (Å²) in [6, 6.07) is 2.00. The fourth-order valence-electron chi connectivity index (χ4n) is 1.31. The Morgan fingerprint density at radius 3 is 2.71 bits per heavy atom. The first-order valence-electron chi connectivity index (χ1n) is 4.74. The van der Waals surface area contributed by atoms with E-state index in [2.05, 4.69) is 18.8 Å².